The highest BCUT2D eigenvalue weighted by Crippen LogP contribution is 2.17. The average molecular weight is 249 g/mol. The Kier molecular flexibility index (Phi) is 3.20. The maximum atomic E-state index is 11.1. The van der Waals surface area contributed by atoms with Gasteiger partial charge in [0.2, 0.25) is 0 Å². The van der Waals surface area contributed by atoms with Gasteiger partial charge in [-0.15, -0.1) is 0 Å². The van der Waals surface area contributed by atoms with Gasteiger partial charge in [0.1, 0.15) is 6.04 Å². The summed E-state index contributed by atoms with van der Waals surface area (Å²) in [6, 6.07) is 4.75. The number of aliphatic carboxylic acids is 1. The number of carboxylic acids is 1. The van der Waals surface area contributed by atoms with Crippen molar-refractivity contribution >= 4 is 17.0 Å². The highest BCUT2D eigenvalue weighted by molar-refractivity contribution is 5.75. The van der Waals surface area contributed by atoms with E-state index in [1.807, 2.05) is 19.1 Å². The number of nitrogens with one attached hydrogen (secondary N) is 3. The van der Waals surface area contributed by atoms with Crippen molar-refractivity contribution in [2.45, 2.75) is 25.9 Å². The van der Waals surface area contributed by atoms with E-state index >= 15 is 0 Å². The summed E-state index contributed by atoms with van der Waals surface area (Å²) in [5.41, 5.74) is 2.13. The van der Waals surface area contributed by atoms with E-state index in [9.17, 15) is 9.59 Å². The van der Waals surface area contributed by atoms with Gasteiger partial charge in [0, 0.05) is 6.04 Å². The zero-order valence-electron chi connectivity index (χ0n) is 10.2. The molecule has 6 nitrogen and oxygen atoms in total. The summed E-state index contributed by atoms with van der Waals surface area (Å²) in [6.07, 6.45) is 0. The maximum Gasteiger partial charge on any atom is 0.323 e. The van der Waals surface area contributed by atoms with Crippen LogP contribution in [0.2, 0.25) is 0 Å². The van der Waals surface area contributed by atoms with Crippen LogP contribution in [0, 0.1) is 0 Å². The van der Waals surface area contributed by atoms with E-state index in [2.05, 4.69) is 15.3 Å². The second-order valence-electron chi connectivity index (χ2n) is 4.33. The summed E-state index contributed by atoms with van der Waals surface area (Å²) in [4.78, 5) is 27.2. The molecule has 2 rings (SSSR count). The van der Waals surface area contributed by atoms with Crippen molar-refractivity contribution in [1.29, 1.82) is 0 Å². The van der Waals surface area contributed by atoms with Gasteiger partial charge in [0.15, 0.2) is 0 Å². The van der Waals surface area contributed by atoms with Gasteiger partial charge in [-0.05, 0) is 31.5 Å². The molecule has 0 aliphatic rings. The summed E-state index contributed by atoms with van der Waals surface area (Å²) in [5.74, 6) is -0.891. The number of benzene rings is 1. The van der Waals surface area contributed by atoms with Crippen LogP contribution in [0.25, 0.3) is 11.0 Å². The van der Waals surface area contributed by atoms with E-state index in [4.69, 9.17) is 5.11 Å². The maximum absolute atomic E-state index is 11.1. The second kappa shape index (κ2) is 4.66. The van der Waals surface area contributed by atoms with Crippen LogP contribution >= 0.6 is 0 Å². The summed E-state index contributed by atoms with van der Waals surface area (Å²) in [5, 5.41) is 11.8. The van der Waals surface area contributed by atoms with Crippen molar-refractivity contribution in [3.8, 4) is 0 Å². The number of hydrogen-bond donors (Lipinski definition) is 4. The molecular formula is C12H15N3O3. The van der Waals surface area contributed by atoms with Crippen LogP contribution in [0.1, 0.15) is 25.5 Å². The third-order valence-corrected chi connectivity index (χ3v) is 2.91. The Balaban J connectivity index is 2.24. The minimum absolute atomic E-state index is 0.112. The number of H-pyrrole nitrogens is 2. The SMILES string of the molecule is CC(NC(C)c1ccc2[nH]c(=O)[nH]c2c1)C(=O)O. The normalized spacial score (nSPS) is 14.6. The predicted molar refractivity (Wildman–Crippen MR) is 67.6 cm³/mol. The Morgan fingerprint density at radius 1 is 1.28 bits per heavy atom. The standard InChI is InChI=1S/C12H15N3O3/c1-6(13-7(2)11(16)17)8-3-4-9-10(5-8)15-12(18)14-9/h3-7,13H,1-2H3,(H,16,17)(H2,14,15,18). The number of aromatic nitrogens is 2. The van der Waals surface area contributed by atoms with Crippen LogP contribution in [0.5, 0.6) is 0 Å². The molecule has 0 saturated heterocycles. The molecule has 1 heterocycles. The Morgan fingerprint density at radius 3 is 2.61 bits per heavy atom. The van der Waals surface area contributed by atoms with Crippen molar-refractivity contribution in [3.05, 3.63) is 34.2 Å². The van der Waals surface area contributed by atoms with Gasteiger partial charge >= 0.3 is 11.7 Å². The second-order valence-corrected chi connectivity index (χ2v) is 4.33. The zero-order valence-corrected chi connectivity index (χ0v) is 10.2. The molecule has 18 heavy (non-hydrogen) atoms. The van der Waals surface area contributed by atoms with E-state index < -0.39 is 12.0 Å². The van der Waals surface area contributed by atoms with Crippen molar-refractivity contribution in [1.82, 2.24) is 15.3 Å². The lowest BCUT2D eigenvalue weighted by Gasteiger charge is -2.17. The molecule has 0 saturated carbocycles. The first-order valence-corrected chi connectivity index (χ1v) is 5.68. The number of rotatable bonds is 4. The van der Waals surface area contributed by atoms with Gasteiger partial charge in [-0.3, -0.25) is 10.1 Å². The van der Waals surface area contributed by atoms with E-state index in [1.165, 1.54) is 0 Å². The Bertz CT molecular complexity index is 629. The molecule has 0 amide bonds. The van der Waals surface area contributed by atoms with Crippen LogP contribution in [-0.4, -0.2) is 27.1 Å². The third-order valence-electron chi connectivity index (χ3n) is 2.91. The van der Waals surface area contributed by atoms with Crippen molar-refractivity contribution in [2.24, 2.45) is 0 Å². The molecule has 4 N–H and O–H groups in total. The van der Waals surface area contributed by atoms with Crippen LogP contribution in [-0.2, 0) is 4.79 Å². The van der Waals surface area contributed by atoms with Crippen LogP contribution in [0.4, 0.5) is 0 Å². The molecule has 2 atom stereocenters. The van der Waals surface area contributed by atoms with Crippen molar-refractivity contribution in [3.63, 3.8) is 0 Å². The van der Waals surface area contributed by atoms with Gasteiger partial charge in [-0.2, -0.15) is 0 Å². The van der Waals surface area contributed by atoms with E-state index in [0.29, 0.717) is 5.52 Å². The molecule has 96 valence electrons. The van der Waals surface area contributed by atoms with Crippen LogP contribution in [0.3, 0.4) is 0 Å². The fourth-order valence-electron chi connectivity index (χ4n) is 1.86. The smallest absolute Gasteiger partial charge is 0.323 e. The predicted octanol–water partition coefficient (Wildman–Crippen LogP) is 0.980. The lowest BCUT2D eigenvalue weighted by molar-refractivity contribution is -0.139. The fourth-order valence-corrected chi connectivity index (χ4v) is 1.86. The molecule has 2 aromatic rings. The lowest BCUT2D eigenvalue weighted by atomic mass is 10.1. The first-order valence-electron chi connectivity index (χ1n) is 5.68. The number of aromatic amines is 2. The van der Waals surface area contributed by atoms with Gasteiger partial charge in [-0.25, -0.2) is 4.79 Å². The van der Waals surface area contributed by atoms with Gasteiger partial charge < -0.3 is 15.1 Å². The molecule has 0 aliphatic carbocycles. The summed E-state index contributed by atoms with van der Waals surface area (Å²) in [6.45, 7) is 3.47. The number of carboxylic acid groups (broad SMARTS) is 1. The average Bonchev–Trinajstić information content (AvgIpc) is 2.67. The van der Waals surface area contributed by atoms with Crippen LogP contribution < -0.4 is 11.0 Å². The van der Waals surface area contributed by atoms with E-state index in [1.54, 1.807) is 13.0 Å². The summed E-state index contributed by atoms with van der Waals surface area (Å²) in [7, 11) is 0. The van der Waals surface area contributed by atoms with Crippen molar-refractivity contribution < 1.29 is 9.90 Å². The van der Waals surface area contributed by atoms with Crippen LogP contribution in [0.15, 0.2) is 23.0 Å². The molecule has 1 aromatic heterocycles. The minimum Gasteiger partial charge on any atom is -0.480 e. The lowest BCUT2D eigenvalue weighted by Crippen LogP contribution is -2.35. The zero-order chi connectivity index (χ0) is 13.3. The largest absolute Gasteiger partial charge is 0.480 e. The highest BCUT2D eigenvalue weighted by atomic mass is 16.4. The van der Waals surface area contributed by atoms with E-state index in [-0.39, 0.29) is 11.7 Å². The number of hydrogen-bond acceptors (Lipinski definition) is 3. The monoisotopic (exact) mass is 249 g/mol. The van der Waals surface area contributed by atoms with E-state index in [0.717, 1.165) is 11.1 Å². The minimum atomic E-state index is -0.891. The highest BCUT2D eigenvalue weighted by Gasteiger charge is 2.15. The fraction of sp³-hybridized carbons (Fsp3) is 0.333. The van der Waals surface area contributed by atoms with Gasteiger partial charge in [0.25, 0.3) is 0 Å². The Hall–Kier alpha value is -2.08. The summed E-state index contributed by atoms with van der Waals surface area (Å²) < 4.78 is 0. The molecule has 2 unspecified atom stereocenters. The Morgan fingerprint density at radius 2 is 1.94 bits per heavy atom. The number of imidazole rings is 1. The topological polar surface area (TPSA) is 98.0 Å². The number of fused-ring (bicyclic) bond motifs is 1. The number of carbonyl (C=O) groups is 1. The van der Waals surface area contributed by atoms with Gasteiger partial charge in [0.05, 0.1) is 11.0 Å². The molecule has 0 fully saturated rings. The molecule has 0 bridgehead atoms. The third kappa shape index (κ3) is 2.43. The quantitative estimate of drug-likeness (QED) is 0.649. The van der Waals surface area contributed by atoms with Gasteiger partial charge in [-0.1, -0.05) is 6.07 Å². The molecule has 6 heteroatoms. The molecule has 0 radical (unpaired) electrons. The summed E-state index contributed by atoms with van der Waals surface area (Å²) >= 11 is 0. The molecular weight excluding hydrogens is 234 g/mol. The first kappa shape index (κ1) is 12.4. The molecule has 0 aliphatic heterocycles. The van der Waals surface area contributed by atoms with Crippen molar-refractivity contribution in [2.75, 3.05) is 0 Å². The Labute approximate surface area is 103 Å². The molecule has 1 aromatic carbocycles. The first-order chi connectivity index (χ1) is 8.47. The molecule has 0 spiro atoms.